The van der Waals surface area contributed by atoms with Gasteiger partial charge in [-0.2, -0.15) is 4.31 Å². The molecule has 0 aliphatic rings. The number of hydrogen-bond acceptors (Lipinski definition) is 5. The lowest BCUT2D eigenvalue weighted by atomic mass is 10.2. The molecule has 0 spiro atoms. The molecule has 0 atom stereocenters. The van der Waals surface area contributed by atoms with Crippen molar-refractivity contribution in [3.63, 3.8) is 0 Å². The first-order valence-corrected chi connectivity index (χ1v) is 8.85. The highest BCUT2D eigenvalue weighted by Crippen LogP contribution is 2.20. The minimum absolute atomic E-state index is 0.154. The van der Waals surface area contributed by atoms with Crippen LogP contribution in [0, 0.1) is 17.5 Å². The third-order valence-corrected chi connectivity index (χ3v) is 5.29. The van der Waals surface area contributed by atoms with Crippen molar-refractivity contribution < 1.29 is 36.6 Å². The van der Waals surface area contributed by atoms with Crippen molar-refractivity contribution in [3.8, 4) is 0 Å². The number of aliphatic hydroxyl groups is 2. The number of halogens is 3. The van der Waals surface area contributed by atoms with E-state index in [4.69, 9.17) is 10.2 Å². The molecule has 27 heavy (non-hydrogen) atoms. The molecule has 2 aromatic carbocycles. The Morgan fingerprint density at radius 3 is 2.30 bits per heavy atom. The zero-order valence-corrected chi connectivity index (χ0v) is 14.7. The van der Waals surface area contributed by atoms with Crippen LogP contribution in [0.5, 0.6) is 0 Å². The fourth-order valence-electron chi connectivity index (χ4n) is 2.14. The zero-order chi connectivity index (χ0) is 20.4. The molecule has 0 aliphatic carbocycles. The number of carbonyl (C=O) groups excluding carboxylic acids is 1. The van der Waals surface area contributed by atoms with Gasteiger partial charge in [-0.25, -0.2) is 21.6 Å². The highest BCUT2D eigenvalue weighted by atomic mass is 32.2. The van der Waals surface area contributed by atoms with Gasteiger partial charge in [-0.05, 0) is 18.2 Å². The Labute approximate surface area is 152 Å². The average molecular weight is 404 g/mol. The molecule has 0 saturated carbocycles. The molecular formula is C16H15F3N2O5S. The molecule has 0 aromatic heterocycles. The van der Waals surface area contributed by atoms with Crippen LogP contribution in [0.15, 0.2) is 41.3 Å². The third kappa shape index (κ3) is 4.83. The fraction of sp³-hybridized carbons (Fsp3) is 0.188. The van der Waals surface area contributed by atoms with Crippen molar-refractivity contribution in [1.82, 2.24) is 4.31 Å². The molecule has 7 nitrogen and oxygen atoms in total. The molecule has 0 bridgehead atoms. The Hall–Kier alpha value is -2.47. The van der Waals surface area contributed by atoms with Crippen LogP contribution in [-0.2, 0) is 10.0 Å². The number of benzene rings is 2. The minimum atomic E-state index is -4.12. The van der Waals surface area contributed by atoms with Gasteiger partial charge in [-0.1, -0.05) is 6.07 Å². The van der Waals surface area contributed by atoms with Crippen LogP contribution in [0.1, 0.15) is 10.4 Å². The van der Waals surface area contributed by atoms with Crippen LogP contribution < -0.4 is 5.32 Å². The molecule has 146 valence electrons. The number of likely N-dealkylation sites (N-methyl/N-ethyl adjacent to an activating group) is 1. The predicted molar refractivity (Wildman–Crippen MR) is 88.8 cm³/mol. The second kappa shape index (κ2) is 8.05. The highest BCUT2D eigenvalue weighted by Gasteiger charge is 2.23. The number of hydrogen-bond donors (Lipinski definition) is 3. The molecule has 1 amide bonds. The Kier molecular flexibility index (Phi) is 6.21. The van der Waals surface area contributed by atoms with E-state index in [2.05, 4.69) is 5.32 Å². The maximum absolute atomic E-state index is 13.2. The summed E-state index contributed by atoms with van der Waals surface area (Å²) < 4.78 is 64.8. The maximum Gasteiger partial charge on any atom is 0.255 e. The van der Waals surface area contributed by atoms with Crippen molar-refractivity contribution in [2.24, 2.45) is 0 Å². The van der Waals surface area contributed by atoms with Gasteiger partial charge in [0, 0.05) is 30.4 Å². The Morgan fingerprint density at radius 1 is 1.15 bits per heavy atom. The zero-order valence-electron chi connectivity index (χ0n) is 13.9. The first-order chi connectivity index (χ1) is 12.5. The standard InChI is InChI=1S/C16H15F3N2O5S/c1-21(8-14(22)23)27(25,26)11-4-2-3-9(5-11)16(24)20-10-6-12(17)15(19)13(18)7-10/h2-7,14,22-23H,8H2,1H3,(H,20,24). The monoisotopic (exact) mass is 404 g/mol. The first-order valence-electron chi connectivity index (χ1n) is 7.41. The Balaban J connectivity index is 2.28. The van der Waals surface area contributed by atoms with Gasteiger partial charge in [0.05, 0.1) is 11.4 Å². The van der Waals surface area contributed by atoms with Gasteiger partial charge < -0.3 is 15.5 Å². The van der Waals surface area contributed by atoms with E-state index >= 15 is 0 Å². The number of nitrogens with zero attached hydrogens (tertiary/aromatic N) is 1. The van der Waals surface area contributed by atoms with E-state index in [0.717, 1.165) is 13.1 Å². The lowest BCUT2D eigenvalue weighted by Crippen LogP contribution is -2.34. The molecule has 2 rings (SSSR count). The molecule has 0 unspecified atom stereocenters. The highest BCUT2D eigenvalue weighted by molar-refractivity contribution is 7.89. The quantitative estimate of drug-likeness (QED) is 0.497. The van der Waals surface area contributed by atoms with Gasteiger partial charge >= 0.3 is 0 Å². The van der Waals surface area contributed by atoms with Crippen LogP contribution in [-0.4, -0.2) is 48.7 Å². The van der Waals surface area contributed by atoms with Gasteiger partial charge in [0.25, 0.3) is 5.91 Å². The van der Waals surface area contributed by atoms with Crippen LogP contribution >= 0.6 is 0 Å². The van der Waals surface area contributed by atoms with Crippen molar-refractivity contribution >= 4 is 21.6 Å². The van der Waals surface area contributed by atoms with E-state index in [1.165, 1.54) is 18.2 Å². The minimum Gasteiger partial charge on any atom is -0.367 e. The van der Waals surface area contributed by atoms with Crippen molar-refractivity contribution in [1.29, 1.82) is 0 Å². The van der Waals surface area contributed by atoms with Gasteiger partial charge in [-0.15, -0.1) is 0 Å². The van der Waals surface area contributed by atoms with Crippen molar-refractivity contribution in [3.05, 3.63) is 59.4 Å². The summed E-state index contributed by atoms with van der Waals surface area (Å²) in [6.07, 6.45) is -1.89. The molecule has 0 heterocycles. The topological polar surface area (TPSA) is 107 Å². The second-order valence-electron chi connectivity index (χ2n) is 5.50. The fourth-order valence-corrected chi connectivity index (χ4v) is 3.35. The summed E-state index contributed by atoms with van der Waals surface area (Å²) in [5.41, 5.74) is -0.510. The van der Waals surface area contributed by atoms with E-state index in [9.17, 15) is 26.4 Å². The number of nitrogens with one attached hydrogen (secondary N) is 1. The molecule has 11 heteroatoms. The third-order valence-electron chi connectivity index (χ3n) is 3.47. The largest absolute Gasteiger partial charge is 0.367 e. The predicted octanol–water partition coefficient (Wildman–Crippen LogP) is 1.29. The summed E-state index contributed by atoms with van der Waals surface area (Å²) in [4.78, 5) is 11.9. The molecule has 0 fully saturated rings. The average Bonchev–Trinajstić information content (AvgIpc) is 2.59. The lowest BCUT2D eigenvalue weighted by Gasteiger charge is -2.18. The lowest BCUT2D eigenvalue weighted by molar-refractivity contribution is -0.0469. The SMILES string of the molecule is CN(CC(O)O)S(=O)(=O)c1cccc(C(=O)Nc2cc(F)c(F)c(F)c2)c1. The van der Waals surface area contributed by atoms with Gasteiger partial charge in [0.2, 0.25) is 10.0 Å². The molecule has 0 aliphatic heterocycles. The summed E-state index contributed by atoms with van der Waals surface area (Å²) >= 11 is 0. The normalized spacial score (nSPS) is 11.9. The molecule has 0 saturated heterocycles. The summed E-state index contributed by atoms with van der Waals surface area (Å²) in [5, 5.41) is 19.9. The number of sulfonamides is 1. The van der Waals surface area contributed by atoms with E-state index in [0.29, 0.717) is 16.4 Å². The number of anilines is 1. The number of rotatable bonds is 6. The second-order valence-corrected chi connectivity index (χ2v) is 7.55. The summed E-state index contributed by atoms with van der Waals surface area (Å²) in [5.74, 6) is -5.56. The van der Waals surface area contributed by atoms with E-state index in [1.54, 1.807) is 0 Å². The van der Waals surface area contributed by atoms with Crippen molar-refractivity contribution in [2.75, 3.05) is 18.9 Å². The number of aliphatic hydroxyl groups excluding tert-OH is 1. The smallest absolute Gasteiger partial charge is 0.255 e. The summed E-state index contributed by atoms with van der Waals surface area (Å²) in [6.45, 7) is -0.590. The van der Waals surface area contributed by atoms with Crippen molar-refractivity contribution in [2.45, 2.75) is 11.2 Å². The van der Waals surface area contributed by atoms with E-state index in [1.807, 2.05) is 0 Å². The molecule has 3 N–H and O–H groups in total. The first kappa shape index (κ1) is 20.8. The maximum atomic E-state index is 13.2. The number of carbonyl (C=O) groups is 1. The van der Waals surface area contributed by atoms with E-state index in [-0.39, 0.29) is 16.1 Å². The summed E-state index contributed by atoms with van der Waals surface area (Å²) in [6, 6.07) is 5.85. The van der Waals surface area contributed by atoms with Gasteiger partial charge in [0.15, 0.2) is 23.7 Å². The van der Waals surface area contributed by atoms with Crippen LogP contribution in [0.3, 0.4) is 0 Å². The van der Waals surface area contributed by atoms with Crippen LogP contribution in [0.4, 0.5) is 18.9 Å². The summed E-state index contributed by atoms with van der Waals surface area (Å²) in [7, 11) is -3.00. The Morgan fingerprint density at radius 2 is 1.74 bits per heavy atom. The molecular weight excluding hydrogens is 389 g/mol. The Bertz CT molecular complexity index is 943. The van der Waals surface area contributed by atoms with Gasteiger partial charge in [-0.3, -0.25) is 4.79 Å². The molecule has 2 aromatic rings. The van der Waals surface area contributed by atoms with E-state index < -0.39 is 46.2 Å². The van der Waals surface area contributed by atoms with Gasteiger partial charge in [0.1, 0.15) is 0 Å². The van der Waals surface area contributed by atoms with Crippen LogP contribution in [0.25, 0.3) is 0 Å². The molecule has 0 radical (unpaired) electrons. The van der Waals surface area contributed by atoms with Crippen LogP contribution in [0.2, 0.25) is 0 Å². The number of amides is 1.